The Morgan fingerprint density at radius 2 is 1.44 bits per heavy atom. The van der Waals surface area contributed by atoms with Crippen LogP contribution in [-0.4, -0.2) is 41.1 Å². The number of amides is 1. The van der Waals surface area contributed by atoms with Crippen LogP contribution < -0.4 is 4.72 Å². The van der Waals surface area contributed by atoms with Crippen molar-refractivity contribution >= 4 is 44.4 Å². The van der Waals surface area contributed by atoms with Crippen LogP contribution in [-0.2, 0) is 10.0 Å². The van der Waals surface area contributed by atoms with Gasteiger partial charge in [-0.25, -0.2) is 8.42 Å². The molecule has 1 aromatic heterocycles. The molecule has 1 saturated heterocycles. The molecule has 0 spiro atoms. The number of hydrogen-bond acceptors (Lipinski definition) is 6. The highest BCUT2D eigenvalue weighted by molar-refractivity contribution is 7.93. The Hall–Kier alpha value is -4.08. The number of aromatic nitrogens is 2. The first-order chi connectivity index (χ1) is 19.0. The summed E-state index contributed by atoms with van der Waals surface area (Å²) in [6, 6.07) is 28.4. The summed E-state index contributed by atoms with van der Waals surface area (Å²) in [5, 5.41) is 0. The van der Waals surface area contributed by atoms with Crippen LogP contribution in [0.3, 0.4) is 0 Å². The molecule has 0 saturated carbocycles. The SMILES string of the molecule is O=C(c1ccc(-c2cccc(-c3ccccc3)c2)cc1NS(=O)(=O)c1cccc2nsnc12)N1CCCCC1. The average Bonchev–Trinajstić information content (AvgIpc) is 3.47. The summed E-state index contributed by atoms with van der Waals surface area (Å²) < 4.78 is 38.4. The first-order valence-electron chi connectivity index (χ1n) is 12.8. The Balaban J connectivity index is 1.43. The summed E-state index contributed by atoms with van der Waals surface area (Å²) in [4.78, 5) is 15.4. The molecule has 0 radical (unpaired) electrons. The summed E-state index contributed by atoms with van der Waals surface area (Å²) >= 11 is 0.962. The lowest BCUT2D eigenvalue weighted by Crippen LogP contribution is -2.36. The van der Waals surface area contributed by atoms with E-state index in [0.29, 0.717) is 29.7 Å². The standard InChI is InChI=1S/C30H26N4O3S2/c35-30(34-17-5-2-6-18-34)25-16-15-24(23-12-7-11-22(19-23)21-9-3-1-4-10-21)20-27(25)33-39(36,37)28-14-8-13-26-29(28)32-38-31-26/h1,3-4,7-16,19-20,33H,2,5-6,17-18H2. The Morgan fingerprint density at radius 1 is 0.744 bits per heavy atom. The molecular formula is C30H26N4O3S2. The fourth-order valence-corrected chi connectivity index (χ4v) is 6.81. The molecule has 39 heavy (non-hydrogen) atoms. The summed E-state index contributed by atoms with van der Waals surface area (Å²) in [6.45, 7) is 1.32. The van der Waals surface area contributed by atoms with Gasteiger partial charge < -0.3 is 4.90 Å². The van der Waals surface area contributed by atoms with E-state index in [1.807, 2.05) is 54.6 Å². The molecule has 7 nitrogen and oxygen atoms in total. The second-order valence-electron chi connectivity index (χ2n) is 9.55. The first kappa shape index (κ1) is 25.2. The third-order valence-corrected chi connectivity index (χ3v) is 8.92. The molecule has 9 heteroatoms. The predicted molar refractivity (Wildman–Crippen MR) is 155 cm³/mol. The number of rotatable bonds is 6. The van der Waals surface area contributed by atoms with E-state index >= 15 is 0 Å². The van der Waals surface area contributed by atoms with Crippen LogP contribution in [0.25, 0.3) is 33.3 Å². The molecule has 4 aromatic carbocycles. The van der Waals surface area contributed by atoms with Crippen molar-refractivity contribution in [2.45, 2.75) is 24.2 Å². The zero-order chi connectivity index (χ0) is 26.8. The molecule has 2 heterocycles. The van der Waals surface area contributed by atoms with E-state index in [9.17, 15) is 13.2 Å². The second kappa shape index (κ2) is 10.6. The summed E-state index contributed by atoms with van der Waals surface area (Å²) in [5.74, 6) is -0.175. The van der Waals surface area contributed by atoms with E-state index in [-0.39, 0.29) is 16.5 Å². The molecule has 0 bridgehead atoms. The molecule has 1 N–H and O–H groups in total. The van der Waals surface area contributed by atoms with Gasteiger partial charge in [0.05, 0.1) is 23.0 Å². The first-order valence-corrected chi connectivity index (χ1v) is 15.0. The van der Waals surface area contributed by atoms with E-state index < -0.39 is 10.0 Å². The summed E-state index contributed by atoms with van der Waals surface area (Å²) in [6.07, 6.45) is 2.97. The number of likely N-dealkylation sites (tertiary alicyclic amines) is 1. The van der Waals surface area contributed by atoms with Gasteiger partial charge in [0.15, 0.2) is 0 Å². The predicted octanol–water partition coefficient (Wildman–Crippen LogP) is 6.45. The van der Waals surface area contributed by atoms with Gasteiger partial charge in [-0.1, -0.05) is 60.7 Å². The van der Waals surface area contributed by atoms with Gasteiger partial charge in [0, 0.05) is 13.1 Å². The molecule has 0 atom stereocenters. The van der Waals surface area contributed by atoms with Gasteiger partial charge in [-0.05, 0) is 71.8 Å². The molecule has 6 rings (SSSR count). The number of anilines is 1. The van der Waals surface area contributed by atoms with E-state index in [1.165, 1.54) is 6.07 Å². The number of piperidine rings is 1. The molecule has 196 valence electrons. The van der Waals surface area contributed by atoms with E-state index in [2.05, 4.69) is 19.5 Å². The molecule has 0 aliphatic carbocycles. The van der Waals surface area contributed by atoms with Gasteiger partial charge in [0.1, 0.15) is 15.9 Å². The topological polar surface area (TPSA) is 92.3 Å². The van der Waals surface area contributed by atoms with Crippen LogP contribution in [0.4, 0.5) is 5.69 Å². The number of hydrogen-bond donors (Lipinski definition) is 1. The lowest BCUT2D eigenvalue weighted by atomic mass is 9.97. The Labute approximate surface area is 231 Å². The number of fused-ring (bicyclic) bond motifs is 1. The quantitative estimate of drug-likeness (QED) is 0.260. The van der Waals surface area contributed by atoms with Crippen molar-refractivity contribution in [2.75, 3.05) is 17.8 Å². The minimum Gasteiger partial charge on any atom is -0.339 e. The van der Waals surface area contributed by atoms with Gasteiger partial charge >= 0.3 is 0 Å². The highest BCUT2D eigenvalue weighted by Crippen LogP contribution is 2.32. The summed E-state index contributed by atoms with van der Waals surface area (Å²) in [7, 11) is -4.06. The molecule has 0 unspecified atom stereocenters. The Morgan fingerprint density at radius 3 is 2.23 bits per heavy atom. The van der Waals surface area contributed by atoms with Gasteiger partial charge in [-0.3, -0.25) is 9.52 Å². The van der Waals surface area contributed by atoms with Crippen LogP contribution in [0.15, 0.2) is 95.9 Å². The fourth-order valence-electron chi connectivity index (χ4n) is 4.97. The number of sulfonamides is 1. The number of benzene rings is 4. The molecule has 1 fully saturated rings. The van der Waals surface area contributed by atoms with E-state index in [1.54, 1.807) is 29.2 Å². The van der Waals surface area contributed by atoms with Crippen molar-refractivity contribution in [1.82, 2.24) is 13.6 Å². The van der Waals surface area contributed by atoms with Crippen molar-refractivity contribution in [3.63, 3.8) is 0 Å². The van der Waals surface area contributed by atoms with E-state index in [0.717, 1.165) is 53.2 Å². The maximum absolute atomic E-state index is 13.7. The average molecular weight is 555 g/mol. The Kier molecular flexibility index (Phi) is 6.85. The molecule has 1 aliphatic rings. The van der Waals surface area contributed by atoms with Crippen LogP contribution in [0, 0.1) is 0 Å². The third-order valence-electron chi connectivity index (χ3n) is 6.98. The van der Waals surface area contributed by atoms with Gasteiger partial charge in [0.2, 0.25) is 0 Å². The minimum absolute atomic E-state index is 0.0293. The lowest BCUT2D eigenvalue weighted by molar-refractivity contribution is 0.0725. The van der Waals surface area contributed by atoms with E-state index in [4.69, 9.17) is 0 Å². The number of carbonyl (C=O) groups excluding carboxylic acids is 1. The van der Waals surface area contributed by atoms with Gasteiger partial charge in [-0.15, -0.1) is 0 Å². The molecule has 5 aromatic rings. The maximum atomic E-state index is 13.7. The third kappa shape index (κ3) is 5.15. The van der Waals surface area contributed by atoms with Crippen LogP contribution in [0.2, 0.25) is 0 Å². The van der Waals surface area contributed by atoms with Crippen molar-refractivity contribution in [2.24, 2.45) is 0 Å². The Bertz CT molecular complexity index is 1760. The molecular weight excluding hydrogens is 528 g/mol. The molecule has 1 amide bonds. The van der Waals surface area contributed by atoms with Gasteiger partial charge in [0.25, 0.3) is 15.9 Å². The van der Waals surface area contributed by atoms with Gasteiger partial charge in [-0.2, -0.15) is 8.75 Å². The minimum atomic E-state index is -4.06. The van der Waals surface area contributed by atoms with Crippen molar-refractivity contribution in [3.05, 3.63) is 96.6 Å². The zero-order valence-corrected chi connectivity index (χ0v) is 22.7. The number of carbonyl (C=O) groups is 1. The highest BCUT2D eigenvalue weighted by atomic mass is 32.2. The van der Waals surface area contributed by atoms with Crippen LogP contribution in [0.1, 0.15) is 29.6 Å². The molecule has 1 aliphatic heterocycles. The van der Waals surface area contributed by atoms with Crippen LogP contribution in [0.5, 0.6) is 0 Å². The van der Waals surface area contributed by atoms with Crippen molar-refractivity contribution in [3.8, 4) is 22.3 Å². The van der Waals surface area contributed by atoms with Crippen molar-refractivity contribution in [1.29, 1.82) is 0 Å². The number of nitrogens with zero attached hydrogens (tertiary/aromatic N) is 3. The lowest BCUT2D eigenvalue weighted by Gasteiger charge is -2.27. The largest absolute Gasteiger partial charge is 0.339 e. The zero-order valence-electron chi connectivity index (χ0n) is 21.1. The monoisotopic (exact) mass is 554 g/mol. The highest BCUT2D eigenvalue weighted by Gasteiger charge is 2.26. The van der Waals surface area contributed by atoms with Crippen molar-refractivity contribution < 1.29 is 13.2 Å². The fraction of sp³-hybridized carbons (Fsp3) is 0.167. The maximum Gasteiger partial charge on any atom is 0.264 e. The van der Waals surface area contributed by atoms with Crippen LogP contribution >= 0.6 is 11.7 Å². The normalized spacial score (nSPS) is 13.9. The second-order valence-corrected chi connectivity index (χ2v) is 11.7. The summed E-state index contributed by atoms with van der Waals surface area (Å²) in [5.41, 5.74) is 5.24. The smallest absolute Gasteiger partial charge is 0.264 e. The number of nitrogens with one attached hydrogen (secondary N) is 1.